The summed E-state index contributed by atoms with van der Waals surface area (Å²) < 4.78 is 5.40. The Morgan fingerprint density at radius 1 is 1.32 bits per heavy atom. The number of amides is 1. The zero-order valence-electron chi connectivity index (χ0n) is 12.0. The fourth-order valence-electron chi connectivity index (χ4n) is 2.01. The highest BCUT2D eigenvalue weighted by atomic mass is 16.5. The average Bonchev–Trinajstić information content (AvgIpc) is 2.38. The Bertz CT molecular complexity index is 320. The van der Waals surface area contributed by atoms with E-state index >= 15 is 0 Å². The molecule has 5 atom stereocenters. The van der Waals surface area contributed by atoms with E-state index in [2.05, 4.69) is 5.32 Å². The Hall–Kier alpha value is -0.690. The Kier molecular flexibility index (Phi) is 5.32. The number of nitrogens with one attached hydrogen (secondary N) is 1. The van der Waals surface area contributed by atoms with E-state index in [0.29, 0.717) is 6.42 Å². The number of rotatable bonds is 4. The molecule has 112 valence electrons. The first-order valence-corrected chi connectivity index (χ1v) is 6.68. The number of aliphatic hydroxyl groups is 3. The SMILES string of the molecule is CCC(C)(C)C(=O)NC1C(C)OC(CO)C(O)C1O. The molecule has 1 amide bonds. The number of aliphatic hydroxyl groups excluding tert-OH is 3. The fraction of sp³-hybridized carbons (Fsp3) is 0.923. The molecule has 0 aromatic rings. The van der Waals surface area contributed by atoms with Gasteiger partial charge >= 0.3 is 0 Å². The molecule has 19 heavy (non-hydrogen) atoms. The number of carbonyl (C=O) groups is 1. The second kappa shape index (κ2) is 6.17. The van der Waals surface area contributed by atoms with Crippen LogP contribution in [0.3, 0.4) is 0 Å². The molecule has 0 saturated carbocycles. The minimum Gasteiger partial charge on any atom is -0.394 e. The van der Waals surface area contributed by atoms with Crippen molar-refractivity contribution in [3.63, 3.8) is 0 Å². The monoisotopic (exact) mass is 275 g/mol. The molecule has 1 aliphatic heterocycles. The van der Waals surface area contributed by atoms with Gasteiger partial charge in [0.15, 0.2) is 0 Å². The van der Waals surface area contributed by atoms with Gasteiger partial charge in [-0.3, -0.25) is 4.79 Å². The molecular formula is C13H25NO5. The zero-order valence-corrected chi connectivity index (χ0v) is 12.0. The fourth-order valence-corrected chi connectivity index (χ4v) is 2.01. The van der Waals surface area contributed by atoms with Crippen LogP contribution in [-0.4, -0.2) is 58.3 Å². The van der Waals surface area contributed by atoms with Crippen LogP contribution in [0.1, 0.15) is 34.1 Å². The molecule has 1 rings (SSSR count). The van der Waals surface area contributed by atoms with E-state index in [9.17, 15) is 15.0 Å². The Balaban J connectivity index is 2.75. The molecule has 5 unspecified atom stereocenters. The van der Waals surface area contributed by atoms with Crippen molar-refractivity contribution in [2.75, 3.05) is 6.61 Å². The van der Waals surface area contributed by atoms with Crippen molar-refractivity contribution in [3.8, 4) is 0 Å². The maximum Gasteiger partial charge on any atom is 0.226 e. The Morgan fingerprint density at radius 3 is 2.37 bits per heavy atom. The largest absolute Gasteiger partial charge is 0.394 e. The van der Waals surface area contributed by atoms with Crippen LogP contribution in [0.4, 0.5) is 0 Å². The topological polar surface area (TPSA) is 99.0 Å². The van der Waals surface area contributed by atoms with Crippen molar-refractivity contribution < 1.29 is 24.9 Å². The third-order valence-corrected chi connectivity index (χ3v) is 3.97. The van der Waals surface area contributed by atoms with Crippen LogP contribution < -0.4 is 5.32 Å². The summed E-state index contributed by atoms with van der Waals surface area (Å²) in [5.41, 5.74) is -0.543. The van der Waals surface area contributed by atoms with E-state index in [1.165, 1.54) is 0 Å². The molecule has 1 heterocycles. The van der Waals surface area contributed by atoms with Crippen LogP contribution in [0.2, 0.25) is 0 Å². The van der Waals surface area contributed by atoms with Gasteiger partial charge in [-0.25, -0.2) is 0 Å². The van der Waals surface area contributed by atoms with Gasteiger partial charge in [-0.1, -0.05) is 20.8 Å². The van der Waals surface area contributed by atoms with Crippen LogP contribution in [-0.2, 0) is 9.53 Å². The van der Waals surface area contributed by atoms with E-state index in [4.69, 9.17) is 9.84 Å². The smallest absolute Gasteiger partial charge is 0.226 e. The summed E-state index contributed by atoms with van der Waals surface area (Å²) in [6.07, 6.45) is -3.00. The predicted molar refractivity (Wildman–Crippen MR) is 69.4 cm³/mol. The van der Waals surface area contributed by atoms with Gasteiger partial charge < -0.3 is 25.4 Å². The van der Waals surface area contributed by atoms with E-state index in [1.54, 1.807) is 6.92 Å². The molecular weight excluding hydrogens is 250 g/mol. The lowest BCUT2D eigenvalue weighted by atomic mass is 9.87. The highest BCUT2D eigenvalue weighted by Crippen LogP contribution is 2.24. The Labute approximate surface area is 113 Å². The molecule has 1 fully saturated rings. The summed E-state index contributed by atoms with van der Waals surface area (Å²) >= 11 is 0. The number of hydrogen-bond donors (Lipinski definition) is 4. The summed E-state index contributed by atoms with van der Waals surface area (Å²) in [6, 6.07) is -0.684. The van der Waals surface area contributed by atoms with Crippen molar-refractivity contribution >= 4 is 5.91 Å². The summed E-state index contributed by atoms with van der Waals surface area (Å²) in [7, 11) is 0. The van der Waals surface area contributed by atoms with Gasteiger partial charge in [-0.05, 0) is 13.3 Å². The van der Waals surface area contributed by atoms with Crippen molar-refractivity contribution in [1.82, 2.24) is 5.32 Å². The third-order valence-electron chi connectivity index (χ3n) is 3.97. The maximum absolute atomic E-state index is 12.1. The van der Waals surface area contributed by atoms with E-state index < -0.39 is 35.9 Å². The number of ether oxygens (including phenoxy) is 1. The first-order valence-electron chi connectivity index (χ1n) is 6.68. The molecule has 0 spiro atoms. The van der Waals surface area contributed by atoms with Gasteiger partial charge in [-0.15, -0.1) is 0 Å². The second-order valence-electron chi connectivity index (χ2n) is 5.78. The van der Waals surface area contributed by atoms with Crippen molar-refractivity contribution in [1.29, 1.82) is 0 Å². The molecule has 0 bridgehead atoms. The number of hydrogen-bond acceptors (Lipinski definition) is 5. The van der Waals surface area contributed by atoms with Gasteiger partial charge in [0.2, 0.25) is 5.91 Å². The second-order valence-corrected chi connectivity index (χ2v) is 5.78. The molecule has 0 aromatic heterocycles. The quantitative estimate of drug-likeness (QED) is 0.549. The van der Waals surface area contributed by atoms with Gasteiger partial charge in [-0.2, -0.15) is 0 Å². The standard InChI is InChI=1S/C13H25NO5/c1-5-13(3,4)12(18)14-9-7(2)19-8(6-15)10(16)11(9)17/h7-11,15-17H,5-6H2,1-4H3,(H,14,18). The van der Waals surface area contributed by atoms with Crippen molar-refractivity contribution in [2.45, 2.75) is 64.6 Å². The Morgan fingerprint density at radius 2 is 1.89 bits per heavy atom. The highest BCUT2D eigenvalue weighted by Gasteiger charge is 2.44. The van der Waals surface area contributed by atoms with Crippen LogP contribution in [0.5, 0.6) is 0 Å². The van der Waals surface area contributed by atoms with E-state index in [0.717, 1.165) is 0 Å². The highest BCUT2D eigenvalue weighted by molar-refractivity contribution is 5.82. The molecule has 1 aliphatic rings. The van der Waals surface area contributed by atoms with E-state index in [1.807, 2.05) is 20.8 Å². The summed E-state index contributed by atoms with van der Waals surface area (Å²) in [5.74, 6) is -0.191. The summed E-state index contributed by atoms with van der Waals surface area (Å²) in [4.78, 5) is 12.1. The van der Waals surface area contributed by atoms with Crippen LogP contribution >= 0.6 is 0 Å². The minimum absolute atomic E-state index is 0.191. The van der Waals surface area contributed by atoms with Crippen LogP contribution in [0.15, 0.2) is 0 Å². The zero-order chi connectivity index (χ0) is 14.8. The predicted octanol–water partition coefficient (Wildman–Crippen LogP) is -0.591. The molecule has 4 N–H and O–H groups in total. The van der Waals surface area contributed by atoms with Gasteiger partial charge in [0.05, 0.1) is 18.8 Å². The molecule has 6 heteroatoms. The minimum atomic E-state index is -1.21. The van der Waals surface area contributed by atoms with Crippen LogP contribution in [0, 0.1) is 5.41 Å². The van der Waals surface area contributed by atoms with Crippen molar-refractivity contribution in [2.24, 2.45) is 5.41 Å². The average molecular weight is 275 g/mol. The maximum atomic E-state index is 12.1. The lowest BCUT2D eigenvalue weighted by Crippen LogP contribution is -2.64. The molecule has 6 nitrogen and oxygen atoms in total. The lowest BCUT2D eigenvalue weighted by molar-refractivity contribution is -0.191. The first kappa shape index (κ1) is 16.4. The van der Waals surface area contributed by atoms with Gasteiger partial charge in [0, 0.05) is 5.41 Å². The van der Waals surface area contributed by atoms with E-state index in [-0.39, 0.29) is 12.5 Å². The number of carbonyl (C=O) groups excluding carboxylic acids is 1. The summed E-state index contributed by atoms with van der Waals surface area (Å²) in [6.45, 7) is 6.87. The van der Waals surface area contributed by atoms with Gasteiger partial charge in [0.25, 0.3) is 0 Å². The molecule has 0 radical (unpaired) electrons. The molecule has 1 saturated heterocycles. The summed E-state index contributed by atoms with van der Waals surface area (Å²) in [5, 5.41) is 31.6. The van der Waals surface area contributed by atoms with Crippen LogP contribution in [0.25, 0.3) is 0 Å². The molecule has 0 aliphatic carbocycles. The molecule has 0 aromatic carbocycles. The van der Waals surface area contributed by atoms with Crippen molar-refractivity contribution in [3.05, 3.63) is 0 Å². The van der Waals surface area contributed by atoms with Gasteiger partial charge in [0.1, 0.15) is 18.3 Å². The lowest BCUT2D eigenvalue weighted by Gasteiger charge is -2.42. The first-order chi connectivity index (χ1) is 8.74. The normalized spacial score (nSPS) is 36.1. The third kappa shape index (κ3) is 3.45.